The van der Waals surface area contributed by atoms with Gasteiger partial charge in [0.05, 0.1) is 18.8 Å². The molecule has 0 aliphatic heterocycles. The molecule has 0 spiro atoms. The highest BCUT2D eigenvalue weighted by Gasteiger charge is 2.27. The predicted molar refractivity (Wildman–Crippen MR) is 72.2 cm³/mol. The second-order valence-corrected chi connectivity index (χ2v) is 5.10. The molecule has 0 aromatic heterocycles. The Kier molecular flexibility index (Phi) is 4.54. The van der Waals surface area contributed by atoms with Crippen LogP contribution in [0.3, 0.4) is 0 Å². The van der Waals surface area contributed by atoms with Gasteiger partial charge in [0.1, 0.15) is 0 Å². The molecule has 18 heavy (non-hydrogen) atoms. The maximum Gasteiger partial charge on any atom is 0.309 e. The molecule has 0 heterocycles. The first-order valence-electron chi connectivity index (χ1n) is 5.89. The number of carbonyl (C=O) groups is 1. The van der Waals surface area contributed by atoms with Gasteiger partial charge in [-0.1, -0.05) is 24.3 Å². The van der Waals surface area contributed by atoms with Gasteiger partial charge in [0.15, 0.2) is 0 Å². The summed E-state index contributed by atoms with van der Waals surface area (Å²) in [5.41, 5.74) is 2.34. The van der Waals surface area contributed by atoms with Gasteiger partial charge in [0.2, 0.25) is 0 Å². The van der Waals surface area contributed by atoms with E-state index in [0.29, 0.717) is 6.42 Å². The van der Waals surface area contributed by atoms with E-state index in [-0.39, 0.29) is 0 Å². The third kappa shape index (κ3) is 3.62. The summed E-state index contributed by atoms with van der Waals surface area (Å²) in [6.45, 7) is 5.44. The molecule has 0 unspecified atom stereocenters. The third-order valence-electron chi connectivity index (χ3n) is 2.90. The van der Waals surface area contributed by atoms with Crippen LogP contribution >= 0.6 is 0 Å². The lowest BCUT2D eigenvalue weighted by atomic mass is 9.85. The van der Waals surface area contributed by atoms with Crippen LogP contribution in [-0.2, 0) is 16.0 Å². The van der Waals surface area contributed by atoms with E-state index in [9.17, 15) is 4.79 Å². The zero-order valence-corrected chi connectivity index (χ0v) is 11.4. The van der Waals surface area contributed by atoms with Crippen molar-refractivity contribution in [3.8, 4) is 0 Å². The van der Waals surface area contributed by atoms with Gasteiger partial charge < -0.3 is 9.84 Å². The Morgan fingerprint density at radius 1 is 1.44 bits per heavy atom. The number of methoxy groups -OCH3 is 1. The molecule has 1 aromatic rings. The minimum Gasteiger partial charge on any atom is -0.504 e. The highest BCUT2D eigenvalue weighted by molar-refractivity contribution is 5.74. The molecule has 0 aliphatic carbocycles. The molecule has 1 N–H and O–H groups in total. The van der Waals surface area contributed by atoms with E-state index in [0.717, 1.165) is 16.7 Å². The van der Waals surface area contributed by atoms with Crippen molar-refractivity contribution < 1.29 is 14.6 Å². The van der Waals surface area contributed by atoms with Crippen LogP contribution in [0.5, 0.6) is 0 Å². The monoisotopic (exact) mass is 248 g/mol. The van der Waals surface area contributed by atoms with E-state index in [1.807, 2.05) is 31.2 Å². The Balaban J connectivity index is 2.96. The van der Waals surface area contributed by atoms with Crippen molar-refractivity contribution in [2.24, 2.45) is 5.41 Å². The van der Waals surface area contributed by atoms with Crippen molar-refractivity contribution in [1.82, 2.24) is 0 Å². The highest BCUT2D eigenvalue weighted by Crippen LogP contribution is 2.24. The summed E-state index contributed by atoms with van der Waals surface area (Å²) in [6.07, 6.45) is 2.19. The molecule has 3 nitrogen and oxygen atoms in total. The minimum atomic E-state index is -0.781. The third-order valence-corrected chi connectivity index (χ3v) is 2.90. The zero-order valence-electron chi connectivity index (χ0n) is 11.4. The van der Waals surface area contributed by atoms with E-state index in [2.05, 4.69) is 0 Å². The van der Waals surface area contributed by atoms with Crippen molar-refractivity contribution in [3.63, 3.8) is 0 Å². The Morgan fingerprint density at radius 2 is 2.11 bits per heavy atom. The molecule has 0 saturated heterocycles. The first-order valence-corrected chi connectivity index (χ1v) is 5.89. The van der Waals surface area contributed by atoms with Gasteiger partial charge in [-0.15, -0.1) is 0 Å². The molecule has 0 fully saturated rings. The fourth-order valence-corrected chi connectivity index (χ4v) is 1.76. The van der Waals surface area contributed by atoms with Crippen LogP contribution in [0.2, 0.25) is 0 Å². The van der Waals surface area contributed by atoms with Crippen LogP contribution in [0.4, 0.5) is 0 Å². The van der Waals surface area contributed by atoms with Gasteiger partial charge in [-0.05, 0) is 43.9 Å². The summed E-state index contributed by atoms with van der Waals surface area (Å²) in [7, 11) is 1.61. The van der Waals surface area contributed by atoms with E-state index in [1.54, 1.807) is 27.2 Å². The van der Waals surface area contributed by atoms with Crippen molar-refractivity contribution in [2.45, 2.75) is 27.2 Å². The fraction of sp³-hybridized carbons (Fsp3) is 0.400. The number of ether oxygens (including phenoxy) is 1. The maximum atomic E-state index is 11.1. The molecular formula is C15H20O3. The predicted octanol–water partition coefficient (Wildman–Crippen LogP) is 3.35. The molecule has 0 radical (unpaired) electrons. The molecular weight excluding hydrogens is 228 g/mol. The highest BCUT2D eigenvalue weighted by atomic mass is 16.5. The van der Waals surface area contributed by atoms with Crippen LogP contribution in [0.1, 0.15) is 31.9 Å². The molecule has 0 bridgehead atoms. The lowest BCUT2D eigenvalue weighted by Gasteiger charge is -2.19. The quantitative estimate of drug-likeness (QED) is 0.813. The van der Waals surface area contributed by atoms with E-state index in [1.165, 1.54) is 0 Å². The maximum absolute atomic E-state index is 11.1. The molecule has 1 rings (SSSR count). The molecule has 98 valence electrons. The van der Waals surface area contributed by atoms with Crippen molar-refractivity contribution in [3.05, 3.63) is 41.7 Å². The van der Waals surface area contributed by atoms with Gasteiger partial charge in [0.25, 0.3) is 0 Å². The summed E-state index contributed by atoms with van der Waals surface area (Å²) in [5, 5.41) is 9.13. The van der Waals surface area contributed by atoms with Crippen LogP contribution < -0.4 is 0 Å². The number of carboxylic acid groups (broad SMARTS) is 1. The van der Waals surface area contributed by atoms with Crippen LogP contribution in [0.15, 0.2) is 30.5 Å². The number of aliphatic carboxylic acids is 1. The number of rotatable bonds is 5. The Bertz CT molecular complexity index is 459. The van der Waals surface area contributed by atoms with Crippen LogP contribution in [0, 0.1) is 5.41 Å². The number of allylic oxidation sites excluding steroid dienone is 1. The second-order valence-electron chi connectivity index (χ2n) is 5.10. The SMILES string of the molecule is COC=C(C)c1cccc(CC(C)(C)C(=O)O)c1. The minimum absolute atomic E-state index is 0.510. The standard InChI is InChI=1S/C15H20O3/c1-11(10-18-4)13-7-5-6-12(8-13)9-15(2,3)14(16)17/h5-8,10H,9H2,1-4H3,(H,16,17). The smallest absolute Gasteiger partial charge is 0.309 e. The van der Waals surface area contributed by atoms with E-state index in [4.69, 9.17) is 9.84 Å². The molecule has 1 aromatic carbocycles. The van der Waals surface area contributed by atoms with Crippen molar-refractivity contribution >= 4 is 11.5 Å². The zero-order chi connectivity index (χ0) is 13.8. The normalized spacial score (nSPS) is 12.3. The van der Waals surface area contributed by atoms with Crippen LogP contribution in [0.25, 0.3) is 5.57 Å². The van der Waals surface area contributed by atoms with Gasteiger partial charge in [-0.3, -0.25) is 4.79 Å². The molecule has 0 amide bonds. The number of hydrogen-bond acceptors (Lipinski definition) is 2. The molecule has 0 saturated carbocycles. The Labute approximate surface area is 108 Å². The molecule has 0 atom stereocenters. The lowest BCUT2D eigenvalue weighted by Crippen LogP contribution is -2.26. The Hall–Kier alpha value is -1.77. The summed E-state index contributed by atoms with van der Waals surface area (Å²) < 4.78 is 4.98. The van der Waals surface area contributed by atoms with Gasteiger partial charge in [-0.2, -0.15) is 0 Å². The van der Waals surface area contributed by atoms with Crippen molar-refractivity contribution in [1.29, 1.82) is 0 Å². The van der Waals surface area contributed by atoms with Crippen molar-refractivity contribution in [2.75, 3.05) is 7.11 Å². The van der Waals surface area contributed by atoms with Crippen LogP contribution in [-0.4, -0.2) is 18.2 Å². The van der Waals surface area contributed by atoms with Gasteiger partial charge in [0, 0.05) is 0 Å². The average molecular weight is 248 g/mol. The fourth-order valence-electron chi connectivity index (χ4n) is 1.76. The summed E-state index contributed by atoms with van der Waals surface area (Å²) in [5.74, 6) is -0.781. The lowest BCUT2D eigenvalue weighted by molar-refractivity contribution is -0.146. The summed E-state index contributed by atoms with van der Waals surface area (Å²) >= 11 is 0. The summed E-state index contributed by atoms with van der Waals surface area (Å²) in [6, 6.07) is 7.89. The second kappa shape index (κ2) is 5.71. The Morgan fingerprint density at radius 3 is 2.67 bits per heavy atom. The molecule has 0 aliphatic rings. The topological polar surface area (TPSA) is 46.5 Å². The van der Waals surface area contributed by atoms with Gasteiger partial charge >= 0.3 is 5.97 Å². The number of carboxylic acids is 1. The largest absolute Gasteiger partial charge is 0.504 e. The number of hydrogen-bond donors (Lipinski definition) is 1. The summed E-state index contributed by atoms with van der Waals surface area (Å²) in [4.78, 5) is 11.1. The first kappa shape index (κ1) is 14.3. The number of benzene rings is 1. The van der Waals surface area contributed by atoms with Gasteiger partial charge in [-0.25, -0.2) is 0 Å². The van der Waals surface area contributed by atoms with E-state index < -0.39 is 11.4 Å². The first-order chi connectivity index (χ1) is 8.36. The molecule has 3 heteroatoms. The van der Waals surface area contributed by atoms with E-state index >= 15 is 0 Å². The average Bonchev–Trinajstić information content (AvgIpc) is 2.29.